The normalized spacial score (nSPS) is 10.4. The van der Waals surface area contributed by atoms with E-state index in [0.29, 0.717) is 6.54 Å². The van der Waals surface area contributed by atoms with Crippen LogP contribution in [-0.2, 0) is 6.54 Å². The van der Waals surface area contributed by atoms with Crippen LogP contribution in [0.3, 0.4) is 0 Å². The lowest BCUT2D eigenvalue weighted by atomic mass is 10.4. The Kier molecular flexibility index (Phi) is 2.36. The summed E-state index contributed by atoms with van der Waals surface area (Å²) in [7, 11) is 0. The highest BCUT2D eigenvalue weighted by molar-refractivity contribution is 7.05. The molecule has 0 aliphatic heterocycles. The van der Waals surface area contributed by atoms with Gasteiger partial charge >= 0.3 is 5.69 Å². The summed E-state index contributed by atoms with van der Waals surface area (Å²) in [6, 6.07) is 1.73. The van der Waals surface area contributed by atoms with Crippen molar-refractivity contribution in [2.75, 3.05) is 0 Å². The predicted octanol–water partition coefficient (Wildman–Crippen LogP) is 0.452. The Bertz CT molecular complexity index is 490. The van der Waals surface area contributed by atoms with Crippen molar-refractivity contribution in [2.24, 2.45) is 0 Å². The molecule has 0 unspecified atom stereocenters. The van der Waals surface area contributed by atoms with Crippen molar-refractivity contribution in [3.8, 4) is 0 Å². The maximum atomic E-state index is 11.3. The molecule has 2 rings (SSSR count). The Hall–Kier alpha value is -1.56. The highest BCUT2D eigenvalue weighted by Gasteiger charge is 2.04. The number of hydrogen-bond donors (Lipinski definition) is 0. The number of nitrogens with zero attached hydrogens (tertiary/aromatic N) is 4. The fourth-order valence-electron chi connectivity index (χ4n) is 1.06. The van der Waals surface area contributed by atoms with Crippen molar-refractivity contribution in [3.05, 3.63) is 39.5 Å². The number of aromatic nitrogens is 4. The van der Waals surface area contributed by atoms with Gasteiger partial charge in [-0.1, -0.05) is 4.49 Å². The number of rotatable bonds is 2. The molecule has 72 valence electrons. The fourth-order valence-corrected chi connectivity index (χ4v) is 1.69. The van der Waals surface area contributed by atoms with Gasteiger partial charge in [0.2, 0.25) is 0 Å². The summed E-state index contributed by atoms with van der Waals surface area (Å²) in [4.78, 5) is 15.9. The van der Waals surface area contributed by atoms with Crippen LogP contribution in [-0.4, -0.2) is 19.1 Å². The monoisotopic (exact) mass is 208 g/mol. The van der Waals surface area contributed by atoms with Gasteiger partial charge in [-0.05, 0) is 24.5 Å². The molecule has 14 heavy (non-hydrogen) atoms. The molecule has 2 aromatic rings. The molecule has 6 heteroatoms. The van der Waals surface area contributed by atoms with Gasteiger partial charge < -0.3 is 0 Å². The third-order valence-corrected chi connectivity index (χ3v) is 2.65. The molecule has 0 spiro atoms. The minimum atomic E-state index is -0.250. The molecule has 0 amide bonds. The van der Waals surface area contributed by atoms with Gasteiger partial charge in [-0.15, -0.1) is 5.10 Å². The molecule has 0 fully saturated rings. The van der Waals surface area contributed by atoms with E-state index in [4.69, 9.17) is 0 Å². The predicted molar refractivity (Wildman–Crippen MR) is 52.2 cm³/mol. The molecule has 2 heterocycles. The lowest BCUT2D eigenvalue weighted by Gasteiger charge is -2.00. The van der Waals surface area contributed by atoms with E-state index < -0.39 is 0 Å². The number of hydrogen-bond acceptors (Lipinski definition) is 5. The molecule has 0 atom stereocenters. The van der Waals surface area contributed by atoms with Gasteiger partial charge in [0, 0.05) is 12.4 Å². The molecular weight excluding hydrogens is 200 g/mol. The zero-order chi connectivity index (χ0) is 9.97. The van der Waals surface area contributed by atoms with Crippen molar-refractivity contribution in [2.45, 2.75) is 13.5 Å². The lowest BCUT2D eigenvalue weighted by molar-refractivity contribution is 0.730. The second-order valence-electron chi connectivity index (χ2n) is 2.81. The summed E-state index contributed by atoms with van der Waals surface area (Å²) >= 11 is 1.30. The SMILES string of the molecule is Cc1nnsc1Cn1cccnc1=O. The molecule has 0 aromatic carbocycles. The van der Waals surface area contributed by atoms with E-state index in [1.807, 2.05) is 6.92 Å². The molecule has 2 aromatic heterocycles. The Morgan fingerprint density at radius 3 is 3.07 bits per heavy atom. The van der Waals surface area contributed by atoms with Gasteiger partial charge in [0.1, 0.15) is 0 Å². The van der Waals surface area contributed by atoms with Crippen LogP contribution in [0.5, 0.6) is 0 Å². The Balaban J connectivity index is 2.32. The van der Waals surface area contributed by atoms with Gasteiger partial charge in [-0.3, -0.25) is 4.57 Å². The van der Waals surface area contributed by atoms with Crippen LogP contribution >= 0.6 is 11.5 Å². The third kappa shape index (κ3) is 1.69. The topological polar surface area (TPSA) is 60.7 Å². The Morgan fingerprint density at radius 1 is 1.57 bits per heavy atom. The first-order valence-corrected chi connectivity index (χ1v) is 4.84. The lowest BCUT2D eigenvalue weighted by Crippen LogP contribution is -2.21. The van der Waals surface area contributed by atoms with E-state index in [-0.39, 0.29) is 5.69 Å². The maximum absolute atomic E-state index is 11.3. The molecule has 0 radical (unpaired) electrons. The average molecular weight is 208 g/mol. The summed E-state index contributed by atoms with van der Waals surface area (Å²) in [6.07, 6.45) is 3.19. The zero-order valence-electron chi connectivity index (χ0n) is 7.54. The smallest absolute Gasteiger partial charge is 0.294 e. The van der Waals surface area contributed by atoms with Gasteiger partial charge in [0.25, 0.3) is 0 Å². The molecule has 5 nitrogen and oxygen atoms in total. The molecular formula is C8H8N4OS. The van der Waals surface area contributed by atoms with E-state index in [0.717, 1.165) is 10.6 Å². The van der Waals surface area contributed by atoms with E-state index in [1.54, 1.807) is 12.3 Å². The van der Waals surface area contributed by atoms with Crippen LogP contribution < -0.4 is 5.69 Å². The molecule has 0 bridgehead atoms. The zero-order valence-corrected chi connectivity index (χ0v) is 8.36. The molecule has 0 aliphatic carbocycles. The van der Waals surface area contributed by atoms with Gasteiger partial charge in [0.15, 0.2) is 0 Å². The minimum Gasteiger partial charge on any atom is -0.294 e. The fraction of sp³-hybridized carbons (Fsp3) is 0.250. The average Bonchev–Trinajstić information content (AvgIpc) is 2.56. The first kappa shape index (κ1) is 9.01. The Labute approximate surface area is 84.2 Å². The maximum Gasteiger partial charge on any atom is 0.347 e. The van der Waals surface area contributed by atoms with Crippen LogP contribution in [0.25, 0.3) is 0 Å². The van der Waals surface area contributed by atoms with Crippen molar-refractivity contribution < 1.29 is 0 Å². The molecule has 0 aliphatic rings. The molecule has 0 saturated heterocycles. The summed E-state index contributed by atoms with van der Waals surface area (Å²) in [6.45, 7) is 2.37. The summed E-state index contributed by atoms with van der Waals surface area (Å²) in [5, 5.41) is 3.88. The van der Waals surface area contributed by atoms with Gasteiger partial charge in [-0.2, -0.15) is 0 Å². The first-order valence-electron chi connectivity index (χ1n) is 4.06. The second kappa shape index (κ2) is 3.67. The van der Waals surface area contributed by atoms with Gasteiger partial charge in [0.05, 0.1) is 17.1 Å². The largest absolute Gasteiger partial charge is 0.347 e. The minimum absolute atomic E-state index is 0.250. The Morgan fingerprint density at radius 2 is 2.43 bits per heavy atom. The molecule has 0 N–H and O–H groups in total. The molecule has 0 saturated carbocycles. The van der Waals surface area contributed by atoms with Crippen molar-refractivity contribution in [3.63, 3.8) is 0 Å². The highest BCUT2D eigenvalue weighted by Crippen LogP contribution is 2.09. The van der Waals surface area contributed by atoms with E-state index in [9.17, 15) is 4.79 Å². The quantitative estimate of drug-likeness (QED) is 0.719. The first-order chi connectivity index (χ1) is 6.77. The van der Waals surface area contributed by atoms with Crippen LogP contribution in [0.2, 0.25) is 0 Å². The summed E-state index contributed by atoms with van der Waals surface area (Å²) in [5.41, 5.74) is 0.617. The highest BCUT2D eigenvalue weighted by atomic mass is 32.1. The van der Waals surface area contributed by atoms with E-state index in [2.05, 4.69) is 14.6 Å². The number of aryl methyl sites for hydroxylation is 1. The van der Waals surface area contributed by atoms with E-state index >= 15 is 0 Å². The van der Waals surface area contributed by atoms with Crippen LogP contribution in [0.15, 0.2) is 23.3 Å². The third-order valence-electron chi connectivity index (χ3n) is 1.84. The van der Waals surface area contributed by atoms with Crippen molar-refractivity contribution in [1.29, 1.82) is 0 Å². The van der Waals surface area contributed by atoms with Crippen molar-refractivity contribution in [1.82, 2.24) is 19.1 Å². The van der Waals surface area contributed by atoms with E-state index in [1.165, 1.54) is 22.3 Å². The standard InChI is InChI=1S/C8H8N4OS/c1-6-7(14-11-10-6)5-12-4-2-3-9-8(12)13/h2-4H,5H2,1H3. The van der Waals surface area contributed by atoms with Gasteiger partial charge in [-0.25, -0.2) is 9.78 Å². The summed E-state index contributed by atoms with van der Waals surface area (Å²) < 4.78 is 5.33. The van der Waals surface area contributed by atoms with Crippen LogP contribution in [0.1, 0.15) is 10.6 Å². The van der Waals surface area contributed by atoms with Crippen LogP contribution in [0, 0.1) is 6.92 Å². The van der Waals surface area contributed by atoms with Crippen LogP contribution in [0.4, 0.5) is 0 Å². The summed E-state index contributed by atoms with van der Waals surface area (Å²) in [5.74, 6) is 0. The van der Waals surface area contributed by atoms with Crippen molar-refractivity contribution >= 4 is 11.5 Å². The second-order valence-corrected chi connectivity index (χ2v) is 3.65.